The Balaban J connectivity index is 1.87. The second-order valence-corrected chi connectivity index (χ2v) is 6.79. The van der Waals surface area contributed by atoms with Gasteiger partial charge in [-0.3, -0.25) is 0 Å². The SMILES string of the molecule is Cc1ccccc1N1C[C@H](C)N(c2ccccc2)C2=C1N(C)CC=N2. The monoisotopic (exact) mass is 332 g/mol. The molecule has 4 rings (SSSR count). The predicted octanol–water partition coefficient (Wildman–Crippen LogP) is 3.85. The second-order valence-electron chi connectivity index (χ2n) is 6.79. The minimum Gasteiger partial charge on any atom is -0.353 e. The Morgan fingerprint density at radius 1 is 1.00 bits per heavy atom. The lowest BCUT2D eigenvalue weighted by molar-refractivity contribution is 0.418. The summed E-state index contributed by atoms with van der Waals surface area (Å²) in [6, 6.07) is 19.5. The molecule has 0 N–H and O–H groups in total. The lowest BCUT2D eigenvalue weighted by Crippen LogP contribution is -2.52. The molecule has 0 aliphatic carbocycles. The lowest BCUT2D eigenvalue weighted by Gasteiger charge is -2.47. The van der Waals surface area contributed by atoms with Crippen LogP contribution in [0.4, 0.5) is 11.4 Å². The Hall–Kier alpha value is -2.75. The molecule has 0 saturated carbocycles. The summed E-state index contributed by atoms with van der Waals surface area (Å²) in [4.78, 5) is 11.9. The van der Waals surface area contributed by atoms with Crippen molar-refractivity contribution in [3.8, 4) is 0 Å². The van der Waals surface area contributed by atoms with Gasteiger partial charge < -0.3 is 14.7 Å². The molecular weight excluding hydrogens is 308 g/mol. The molecule has 0 unspecified atom stereocenters. The zero-order valence-corrected chi connectivity index (χ0v) is 15.1. The van der Waals surface area contributed by atoms with Crippen LogP contribution in [0.5, 0.6) is 0 Å². The minimum atomic E-state index is 0.324. The number of aliphatic imine (C=N–C) groups is 1. The summed E-state index contributed by atoms with van der Waals surface area (Å²) in [5, 5.41) is 0. The van der Waals surface area contributed by atoms with E-state index >= 15 is 0 Å². The van der Waals surface area contributed by atoms with Crippen LogP contribution in [0, 0.1) is 6.92 Å². The molecule has 2 aromatic carbocycles. The third-order valence-electron chi connectivity index (χ3n) is 4.94. The van der Waals surface area contributed by atoms with Crippen LogP contribution in [0.3, 0.4) is 0 Å². The third kappa shape index (κ3) is 2.68. The van der Waals surface area contributed by atoms with E-state index in [-0.39, 0.29) is 0 Å². The summed E-state index contributed by atoms with van der Waals surface area (Å²) in [7, 11) is 2.14. The molecule has 0 bridgehead atoms. The van der Waals surface area contributed by atoms with Gasteiger partial charge in [-0.05, 0) is 37.6 Å². The van der Waals surface area contributed by atoms with E-state index in [2.05, 4.69) is 90.2 Å². The van der Waals surface area contributed by atoms with E-state index in [4.69, 9.17) is 4.99 Å². The van der Waals surface area contributed by atoms with E-state index < -0.39 is 0 Å². The van der Waals surface area contributed by atoms with Crippen LogP contribution >= 0.6 is 0 Å². The first-order chi connectivity index (χ1) is 12.2. The van der Waals surface area contributed by atoms with Gasteiger partial charge in [-0.25, -0.2) is 4.99 Å². The van der Waals surface area contributed by atoms with Gasteiger partial charge in [0.15, 0.2) is 11.6 Å². The fourth-order valence-corrected chi connectivity index (χ4v) is 3.75. The minimum absolute atomic E-state index is 0.324. The maximum atomic E-state index is 4.81. The molecule has 0 radical (unpaired) electrons. The Labute approximate surface area is 149 Å². The molecule has 1 atom stereocenters. The molecule has 128 valence electrons. The van der Waals surface area contributed by atoms with Crippen LogP contribution in [0.1, 0.15) is 12.5 Å². The average molecular weight is 332 g/mol. The maximum Gasteiger partial charge on any atom is 0.174 e. The van der Waals surface area contributed by atoms with Crippen molar-refractivity contribution < 1.29 is 0 Å². The molecule has 0 saturated heterocycles. The lowest BCUT2D eigenvalue weighted by atomic mass is 10.1. The number of hydrogen-bond donors (Lipinski definition) is 0. The van der Waals surface area contributed by atoms with Crippen LogP contribution < -0.4 is 9.80 Å². The van der Waals surface area contributed by atoms with E-state index in [1.54, 1.807) is 0 Å². The van der Waals surface area contributed by atoms with E-state index in [1.165, 1.54) is 22.8 Å². The number of aryl methyl sites for hydroxylation is 1. The van der Waals surface area contributed by atoms with Crippen LogP contribution in [0.2, 0.25) is 0 Å². The first kappa shape index (κ1) is 15.8. The molecule has 0 amide bonds. The summed E-state index contributed by atoms with van der Waals surface area (Å²) < 4.78 is 0. The number of hydrogen-bond acceptors (Lipinski definition) is 4. The number of para-hydroxylation sites is 2. The van der Waals surface area contributed by atoms with Crippen molar-refractivity contribution in [2.24, 2.45) is 4.99 Å². The highest BCUT2D eigenvalue weighted by atomic mass is 15.4. The fraction of sp³-hybridized carbons (Fsp3) is 0.286. The summed E-state index contributed by atoms with van der Waals surface area (Å²) in [5.41, 5.74) is 3.75. The van der Waals surface area contributed by atoms with Gasteiger partial charge in [0.1, 0.15) is 0 Å². The maximum absolute atomic E-state index is 4.81. The van der Waals surface area contributed by atoms with Gasteiger partial charge in [0.05, 0.1) is 12.6 Å². The highest BCUT2D eigenvalue weighted by molar-refractivity contribution is 5.71. The molecule has 0 spiro atoms. The molecule has 2 aromatic rings. The Bertz CT molecular complexity index is 825. The van der Waals surface area contributed by atoms with Crippen molar-refractivity contribution in [2.45, 2.75) is 19.9 Å². The summed E-state index contributed by atoms with van der Waals surface area (Å²) in [6.07, 6.45) is 2.00. The van der Waals surface area contributed by atoms with Gasteiger partial charge in [0.25, 0.3) is 0 Å². The van der Waals surface area contributed by atoms with Crippen LogP contribution in [-0.4, -0.2) is 37.3 Å². The molecular formula is C21H24N4. The fourth-order valence-electron chi connectivity index (χ4n) is 3.75. The summed E-state index contributed by atoms with van der Waals surface area (Å²) in [5.74, 6) is 2.21. The van der Waals surface area contributed by atoms with E-state index in [0.29, 0.717) is 6.04 Å². The van der Waals surface area contributed by atoms with Crippen LogP contribution in [0.15, 0.2) is 71.2 Å². The van der Waals surface area contributed by atoms with E-state index in [9.17, 15) is 0 Å². The largest absolute Gasteiger partial charge is 0.353 e. The van der Waals surface area contributed by atoms with Gasteiger partial charge in [0.2, 0.25) is 0 Å². The number of nitrogens with zero attached hydrogens (tertiary/aromatic N) is 4. The van der Waals surface area contributed by atoms with Gasteiger partial charge in [-0.15, -0.1) is 0 Å². The highest BCUT2D eigenvalue weighted by Gasteiger charge is 2.35. The number of rotatable bonds is 2. The average Bonchev–Trinajstić information content (AvgIpc) is 2.62. The van der Waals surface area contributed by atoms with Crippen molar-refractivity contribution in [3.05, 3.63) is 71.8 Å². The van der Waals surface area contributed by atoms with Gasteiger partial charge in [-0.1, -0.05) is 36.4 Å². The van der Waals surface area contributed by atoms with Crippen molar-refractivity contribution in [3.63, 3.8) is 0 Å². The van der Waals surface area contributed by atoms with Crippen molar-refractivity contribution in [2.75, 3.05) is 29.9 Å². The van der Waals surface area contributed by atoms with Crippen molar-refractivity contribution >= 4 is 17.6 Å². The standard InChI is InChI=1S/C21H24N4/c1-16-9-7-8-12-19(16)24-15-17(2)25(18-10-5-4-6-11-18)20-21(24)23(3)14-13-22-20/h4-13,17H,14-15H2,1-3H3/t17-/m0/s1. The molecule has 4 heteroatoms. The van der Waals surface area contributed by atoms with Gasteiger partial charge >= 0.3 is 0 Å². The highest BCUT2D eigenvalue weighted by Crippen LogP contribution is 2.36. The first-order valence-corrected chi connectivity index (χ1v) is 8.82. The molecule has 0 aromatic heterocycles. The topological polar surface area (TPSA) is 22.1 Å². The molecule has 4 nitrogen and oxygen atoms in total. The second kappa shape index (κ2) is 6.28. The number of anilines is 2. The first-order valence-electron chi connectivity index (χ1n) is 8.82. The van der Waals surface area contributed by atoms with Crippen LogP contribution in [0.25, 0.3) is 0 Å². The molecule has 2 heterocycles. The van der Waals surface area contributed by atoms with Gasteiger partial charge in [0, 0.05) is 31.2 Å². The molecule has 0 fully saturated rings. The number of benzene rings is 2. The quantitative estimate of drug-likeness (QED) is 0.834. The zero-order chi connectivity index (χ0) is 17.4. The van der Waals surface area contributed by atoms with E-state index in [1.807, 2.05) is 6.21 Å². The van der Waals surface area contributed by atoms with E-state index in [0.717, 1.165) is 18.9 Å². The van der Waals surface area contributed by atoms with Crippen molar-refractivity contribution in [1.82, 2.24) is 4.90 Å². The predicted molar refractivity (Wildman–Crippen MR) is 105 cm³/mol. The normalized spacial score (nSPS) is 20.1. The Morgan fingerprint density at radius 3 is 2.48 bits per heavy atom. The summed E-state index contributed by atoms with van der Waals surface area (Å²) in [6.45, 7) is 6.21. The third-order valence-corrected chi connectivity index (χ3v) is 4.94. The van der Waals surface area contributed by atoms with Crippen LogP contribution in [-0.2, 0) is 0 Å². The van der Waals surface area contributed by atoms with Crippen molar-refractivity contribution in [1.29, 1.82) is 0 Å². The van der Waals surface area contributed by atoms with Gasteiger partial charge in [-0.2, -0.15) is 0 Å². The zero-order valence-electron chi connectivity index (χ0n) is 15.1. The Morgan fingerprint density at radius 2 is 1.72 bits per heavy atom. The smallest absolute Gasteiger partial charge is 0.174 e. The summed E-state index contributed by atoms with van der Waals surface area (Å²) >= 11 is 0. The molecule has 2 aliphatic rings. The Kier molecular flexibility index (Phi) is 3.96. The molecule has 25 heavy (non-hydrogen) atoms. The molecule has 2 aliphatic heterocycles.